The minimum atomic E-state index is -0.541. The maximum atomic E-state index is 12.8. The van der Waals surface area contributed by atoms with Crippen LogP contribution in [0.1, 0.15) is 303 Å². The fourth-order valence-corrected chi connectivity index (χ4v) is 8.37. The molecule has 1 unspecified atom stereocenters. The third kappa shape index (κ3) is 52.7. The molecule has 376 valence electrons. The quantitative estimate of drug-likeness (QED) is 0.0346. The Balaban J connectivity index is 4.22. The van der Waals surface area contributed by atoms with Crippen LogP contribution < -0.4 is 0 Å². The van der Waals surface area contributed by atoms with Gasteiger partial charge in [0.05, 0.1) is 6.61 Å². The van der Waals surface area contributed by atoms with E-state index in [2.05, 4.69) is 57.2 Å². The van der Waals surface area contributed by atoms with Crippen molar-refractivity contribution in [3.8, 4) is 0 Å². The molecule has 5 heteroatoms. The zero-order valence-corrected chi connectivity index (χ0v) is 43.3. The summed E-state index contributed by atoms with van der Waals surface area (Å²) in [4.78, 5) is 25.5. The molecule has 0 fully saturated rings. The molecule has 0 aliphatic carbocycles. The van der Waals surface area contributed by atoms with Gasteiger partial charge in [0.25, 0.3) is 0 Å². The Kier molecular flexibility index (Phi) is 53.8. The van der Waals surface area contributed by atoms with Crippen molar-refractivity contribution in [2.24, 2.45) is 0 Å². The monoisotopic (exact) mass is 899 g/mol. The maximum absolute atomic E-state index is 12.8. The molecular weight excluding hydrogens is 789 g/mol. The number of ether oxygens (including phenoxy) is 3. The topological polar surface area (TPSA) is 61.8 Å². The van der Waals surface area contributed by atoms with Gasteiger partial charge >= 0.3 is 11.9 Å². The highest BCUT2D eigenvalue weighted by Gasteiger charge is 2.17. The van der Waals surface area contributed by atoms with Crippen molar-refractivity contribution in [2.75, 3.05) is 19.8 Å². The van der Waals surface area contributed by atoms with E-state index in [1.807, 2.05) is 0 Å². The van der Waals surface area contributed by atoms with E-state index >= 15 is 0 Å². The van der Waals surface area contributed by atoms with Crippen LogP contribution in [-0.2, 0) is 23.8 Å². The summed E-state index contributed by atoms with van der Waals surface area (Å²) in [5.74, 6) is -0.397. The van der Waals surface area contributed by atoms with Gasteiger partial charge < -0.3 is 14.2 Å². The van der Waals surface area contributed by atoms with E-state index in [-0.39, 0.29) is 25.2 Å². The van der Waals surface area contributed by atoms with Crippen LogP contribution >= 0.6 is 0 Å². The van der Waals surface area contributed by atoms with E-state index in [1.54, 1.807) is 0 Å². The predicted octanol–water partition coefficient (Wildman–Crippen LogP) is 19.4. The van der Waals surface area contributed by atoms with Gasteiger partial charge in [-0.25, -0.2) is 0 Å². The minimum absolute atomic E-state index is 0.0837. The van der Waals surface area contributed by atoms with Crippen LogP contribution in [0.25, 0.3) is 0 Å². The Hall–Kier alpha value is -1.88. The van der Waals surface area contributed by atoms with E-state index in [1.165, 1.54) is 212 Å². The molecule has 0 amide bonds. The number of carbonyl (C=O) groups excluding carboxylic acids is 2. The summed E-state index contributed by atoms with van der Waals surface area (Å²) >= 11 is 0. The lowest BCUT2D eigenvalue weighted by Gasteiger charge is -2.18. The first-order valence-corrected chi connectivity index (χ1v) is 28.5. The third-order valence-corrected chi connectivity index (χ3v) is 12.6. The number of hydrogen-bond acceptors (Lipinski definition) is 5. The van der Waals surface area contributed by atoms with Crippen molar-refractivity contribution >= 4 is 11.9 Å². The third-order valence-electron chi connectivity index (χ3n) is 12.6. The lowest BCUT2D eigenvalue weighted by molar-refractivity contribution is -0.163. The standard InChI is InChI=1S/C59H110O5/c1-4-7-10-13-16-19-22-25-27-29-31-33-36-39-42-45-48-51-54-62-55-57(64-59(61)53-50-47-44-41-38-34-24-21-18-15-12-9-6-3)56-63-58(60)52-49-46-43-40-37-35-32-30-28-26-23-20-17-14-11-8-5-2/h12,15,21,24-25,27,57H,4-11,13-14,16-20,22-23,26,28-56H2,1-3H3/b15-12-,24-21-,27-25-. The molecule has 0 aromatic carbocycles. The first-order chi connectivity index (χ1) is 31.6. The Morgan fingerprint density at radius 2 is 0.688 bits per heavy atom. The average molecular weight is 900 g/mol. The summed E-state index contributed by atoms with van der Waals surface area (Å²) in [6.45, 7) is 7.80. The van der Waals surface area contributed by atoms with Crippen LogP contribution in [0.2, 0.25) is 0 Å². The molecule has 0 aromatic rings. The number of esters is 2. The van der Waals surface area contributed by atoms with Crippen molar-refractivity contribution in [2.45, 2.75) is 309 Å². The molecule has 0 aliphatic heterocycles. The molecule has 5 nitrogen and oxygen atoms in total. The largest absolute Gasteiger partial charge is 0.462 e. The molecule has 0 N–H and O–H groups in total. The highest BCUT2D eigenvalue weighted by molar-refractivity contribution is 5.70. The molecule has 0 aliphatic rings. The first-order valence-electron chi connectivity index (χ1n) is 28.5. The normalized spacial score (nSPS) is 12.4. The van der Waals surface area contributed by atoms with Crippen LogP contribution in [0.4, 0.5) is 0 Å². The molecule has 64 heavy (non-hydrogen) atoms. The number of unbranched alkanes of at least 4 members (excludes halogenated alkanes) is 36. The van der Waals surface area contributed by atoms with Crippen molar-refractivity contribution < 1.29 is 23.8 Å². The van der Waals surface area contributed by atoms with Crippen LogP contribution in [0.5, 0.6) is 0 Å². The highest BCUT2D eigenvalue weighted by atomic mass is 16.6. The van der Waals surface area contributed by atoms with Gasteiger partial charge in [-0.3, -0.25) is 9.59 Å². The fourth-order valence-electron chi connectivity index (χ4n) is 8.37. The average Bonchev–Trinajstić information content (AvgIpc) is 3.30. The van der Waals surface area contributed by atoms with Crippen molar-refractivity contribution in [1.29, 1.82) is 0 Å². The van der Waals surface area contributed by atoms with Crippen molar-refractivity contribution in [3.05, 3.63) is 36.5 Å². The summed E-state index contributed by atoms with van der Waals surface area (Å²) in [5.41, 5.74) is 0. The molecule has 0 saturated heterocycles. The zero-order chi connectivity index (χ0) is 46.3. The second-order valence-electron chi connectivity index (χ2n) is 19.2. The molecular formula is C59H110O5. The van der Waals surface area contributed by atoms with Gasteiger partial charge in [0.1, 0.15) is 6.61 Å². The smallest absolute Gasteiger partial charge is 0.306 e. The molecule has 1 atom stereocenters. The van der Waals surface area contributed by atoms with Crippen LogP contribution in [0.15, 0.2) is 36.5 Å². The summed E-state index contributed by atoms with van der Waals surface area (Å²) < 4.78 is 17.5. The van der Waals surface area contributed by atoms with Crippen LogP contribution in [0.3, 0.4) is 0 Å². The summed E-state index contributed by atoms with van der Waals surface area (Å²) in [7, 11) is 0. The highest BCUT2D eigenvalue weighted by Crippen LogP contribution is 2.16. The maximum Gasteiger partial charge on any atom is 0.306 e. The summed E-state index contributed by atoms with van der Waals surface area (Å²) in [5, 5.41) is 0. The Labute approximate surface area is 400 Å². The van der Waals surface area contributed by atoms with Gasteiger partial charge in [0.15, 0.2) is 6.10 Å². The molecule has 0 radical (unpaired) electrons. The molecule has 0 saturated carbocycles. The molecule has 0 spiro atoms. The SMILES string of the molecule is CCC/C=C\C/C=C\CCCCCCCC(=O)OC(COCCCCCCCCCC/C=C\CCCCCCCC)COC(=O)CCCCCCCCCCCCCCCCCCC. The second kappa shape index (κ2) is 55.4. The van der Waals surface area contributed by atoms with E-state index < -0.39 is 6.10 Å². The second-order valence-corrected chi connectivity index (χ2v) is 19.2. The summed E-state index contributed by atoms with van der Waals surface area (Å²) in [6, 6.07) is 0. The Bertz CT molecular complexity index is 1020. The molecule has 0 heterocycles. The fraction of sp³-hybridized carbons (Fsp3) is 0.864. The lowest BCUT2D eigenvalue weighted by atomic mass is 10.0. The van der Waals surface area contributed by atoms with Crippen molar-refractivity contribution in [3.63, 3.8) is 0 Å². The molecule has 0 rings (SSSR count). The van der Waals surface area contributed by atoms with E-state index in [4.69, 9.17) is 14.2 Å². The van der Waals surface area contributed by atoms with Crippen LogP contribution in [0, 0.1) is 0 Å². The Morgan fingerprint density at radius 3 is 1.11 bits per heavy atom. The van der Waals surface area contributed by atoms with Gasteiger partial charge in [0.2, 0.25) is 0 Å². The predicted molar refractivity (Wildman–Crippen MR) is 279 cm³/mol. The van der Waals surface area contributed by atoms with E-state index in [0.29, 0.717) is 19.4 Å². The lowest BCUT2D eigenvalue weighted by Crippen LogP contribution is -2.30. The van der Waals surface area contributed by atoms with Crippen LogP contribution in [-0.4, -0.2) is 37.9 Å². The van der Waals surface area contributed by atoms with E-state index in [9.17, 15) is 9.59 Å². The molecule has 0 aromatic heterocycles. The summed E-state index contributed by atoms with van der Waals surface area (Å²) in [6.07, 6.45) is 67.3. The van der Waals surface area contributed by atoms with Gasteiger partial charge in [-0.1, -0.05) is 256 Å². The number of hydrogen-bond donors (Lipinski definition) is 0. The number of carbonyl (C=O) groups is 2. The molecule has 0 bridgehead atoms. The van der Waals surface area contributed by atoms with Gasteiger partial charge in [-0.2, -0.15) is 0 Å². The van der Waals surface area contributed by atoms with Gasteiger partial charge in [-0.15, -0.1) is 0 Å². The zero-order valence-electron chi connectivity index (χ0n) is 43.3. The number of allylic oxidation sites excluding steroid dienone is 6. The minimum Gasteiger partial charge on any atom is -0.462 e. The van der Waals surface area contributed by atoms with E-state index in [0.717, 1.165) is 57.8 Å². The first kappa shape index (κ1) is 62.1. The Morgan fingerprint density at radius 1 is 0.344 bits per heavy atom. The van der Waals surface area contributed by atoms with Gasteiger partial charge in [0, 0.05) is 19.4 Å². The van der Waals surface area contributed by atoms with Gasteiger partial charge in [-0.05, 0) is 70.6 Å². The van der Waals surface area contributed by atoms with Crippen molar-refractivity contribution in [1.82, 2.24) is 0 Å². The number of rotatable bonds is 53.